The van der Waals surface area contributed by atoms with E-state index in [2.05, 4.69) is 11.1 Å². The van der Waals surface area contributed by atoms with Crippen LogP contribution in [0.1, 0.15) is 23.1 Å². The molecule has 0 atom stereocenters. The average Bonchev–Trinajstić information content (AvgIpc) is 2.62. The average molecular weight is 173 g/mol. The van der Waals surface area contributed by atoms with Crippen molar-refractivity contribution in [2.45, 2.75) is 25.8 Å². The van der Waals surface area contributed by atoms with Crippen molar-refractivity contribution in [3.8, 4) is 0 Å². The summed E-state index contributed by atoms with van der Waals surface area (Å²) in [6.07, 6.45) is 5.13. The van der Waals surface area contributed by atoms with Crippen LogP contribution in [-0.2, 0) is 24.2 Å². The lowest BCUT2D eigenvalue weighted by Crippen LogP contribution is -1.91. The Kier molecular flexibility index (Phi) is 2.24. The Bertz CT molecular complexity index is 364. The van der Waals surface area contributed by atoms with Gasteiger partial charge in [-0.1, -0.05) is 18.2 Å². The van der Waals surface area contributed by atoms with E-state index >= 15 is 0 Å². The second kappa shape index (κ2) is 3.55. The lowest BCUT2D eigenvalue weighted by molar-refractivity contribution is 0.562. The Morgan fingerprint density at radius 2 is 2.31 bits per heavy atom. The Balaban J connectivity index is 2.35. The smallest absolute Gasteiger partial charge is 0.211 e. The van der Waals surface area contributed by atoms with Crippen LogP contribution in [0.4, 0.5) is 0 Å². The first kappa shape index (κ1) is 8.21. The van der Waals surface area contributed by atoms with E-state index in [-0.39, 0.29) is 0 Å². The zero-order valence-electron chi connectivity index (χ0n) is 7.42. The zero-order valence-corrected chi connectivity index (χ0v) is 7.42. The highest BCUT2D eigenvalue weighted by Crippen LogP contribution is 2.25. The molecule has 1 aromatic carbocycles. The third kappa shape index (κ3) is 1.53. The van der Waals surface area contributed by atoms with Gasteiger partial charge in [0.05, 0.1) is 6.54 Å². The minimum absolute atomic E-state index is 0.493. The molecule has 2 nitrogen and oxygen atoms in total. The fourth-order valence-corrected chi connectivity index (χ4v) is 1.96. The number of nitrogens with zero attached hydrogens (tertiary/aromatic N) is 1. The van der Waals surface area contributed by atoms with Crippen LogP contribution in [0.15, 0.2) is 23.2 Å². The number of isocyanates is 1. The molecule has 1 aliphatic carbocycles. The van der Waals surface area contributed by atoms with E-state index in [4.69, 9.17) is 0 Å². The van der Waals surface area contributed by atoms with Crippen molar-refractivity contribution < 1.29 is 4.79 Å². The maximum atomic E-state index is 9.99. The number of fused-ring (bicyclic) bond motifs is 1. The van der Waals surface area contributed by atoms with Gasteiger partial charge in [0.15, 0.2) is 0 Å². The number of aryl methyl sites for hydroxylation is 1. The summed E-state index contributed by atoms with van der Waals surface area (Å²) in [6, 6.07) is 6.25. The minimum Gasteiger partial charge on any atom is -0.211 e. The molecule has 2 rings (SSSR count). The monoisotopic (exact) mass is 173 g/mol. The van der Waals surface area contributed by atoms with Gasteiger partial charge in [-0.2, -0.15) is 0 Å². The number of rotatable bonds is 2. The van der Waals surface area contributed by atoms with Crippen molar-refractivity contribution in [2.75, 3.05) is 0 Å². The summed E-state index contributed by atoms with van der Waals surface area (Å²) < 4.78 is 0. The zero-order chi connectivity index (χ0) is 9.10. The van der Waals surface area contributed by atoms with Gasteiger partial charge in [0, 0.05) is 0 Å². The standard InChI is InChI=1S/C11H11NO/c13-8-12-7-10-5-1-3-9-4-2-6-11(9)10/h1,3,5H,2,4,6-7H2. The normalized spacial score (nSPS) is 13.5. The van der Waals surface area contributed by atoms with Crippen LogP contribution in [0.2, 0.25) is 0 Å². The Labute approximate surface area is 77.3 Å². The molecule has 0 radical (unpaired) electrons. The van der Waals surface area contributed by atoms with Crippen LogP contribution in [0.5, 0.6) is 0 Å². The summed E-state index contributed by atoms with van der Waals surface area (Å²) in [5, 5.41) is 0. The molecule has 0 amide bonds. The first-order valence-corrected chi connectivity index (χ1v) is 4.55. The summed E-state index contributed by atoms with van der Waals surface area (Å²) in [6.45, 7) is 0.493. The largest absolute Gasteiger partial charge is 0.235 e. The molecule has 0 saturated heterocycles. The van der Waals surface area contributed by atoms with Crippen LogP contribution < -0.4 is 0 Å². The quantitative estimate of drug-likeness (QED) is 0.497. The van der Waals surface area contributed by atoms with E-state index in [0.29, 0.717) is 6.54 Å². The van der Waals surface area contributed by atoms with Gasteiger partial charge in [0.2, 0.25) is 6.08 Å². The van der Waals surface area contributed by atoms with Crippen LogP contribution in [0, 0.1) is 0 Å². The van der Waals surface area contributed by atoms with Gasteiger partial charge in [-0.15, -0.1) is 0 Å². The lowest BCUT2D eigenvalue weighted by Gasteiger charge is -2.03. The van der Waals surface area contributed by atoms with Crippen molar-refractivity contribution >= 4 is 6.08 Å². The van der Waals surface area contributed by atoms with Crippen LogP contribution >= 0.6 is 0 Å². The first-order chi connectivity index (χ1) is 6.42. The predicted molar refractivity (Wildman–Crippen MR) is 50.3 cm³/mol. The van der Waals surface area contributed by atoms with Gasteiger partial charge in [-0.25, -0.2) is 9.79 Å². The summed E-state index contributed by atoms with van der Waals surface area (Å²) in [4.78, 5) is 13.6. The molecule has 0 heterocycles. The SMILES string of the molecule is O=C=NCc1cccc2c1CCC2. The molecule has 1 aromatic rings. The third-order valence-electron chi connectivity index (χ3n) is 2.56. The van der Waals surface area contributed by atoms with E-state index in [9.17, 15) is 4.79 Å². The van der Waals surface area contributed by atoms with Crippen molar-refractivity contribution in [1.82, 2.24) is 0 Å². The van der Waals surface area contributed by atoms with Crippen LogP contribution in [-0.4, -0.2) is 6.08 Å². The molecule has 0 aliphatic heterocycles. The van der Waals surface area contributed by atoms with E-state index in [1.165, 1.54) is 29.5 Å². The topological polar surface area (TPSA) is 29.4 Å². The number of aliphatic imine (C=N–C) groups is 1. The Morgan fingerprint density at radius 3 is 3.15 bits per heavy atom. The molecule has 0 saturated carbocycles. The van der Waals surface area contributed by atoms with Crippen LogP contribution in [0.25, 0.3) is 0 Å². The van der Waals surface area contributed by atoms with Gasteiger partial charge in [0.1, 0.15) is 0 Å². The number of carbonyl (C=O) groups excluding carboxylic acids is 1. The van der Waals surface area contributed by atoms with Crippen molar-refractivity contribution in [2.24, 2.45) is 4.99 Å². The highest BCUT2D eigenvalue weighted by molar-refractivity contribution is 5.40. The van der Waals surface area contributed by atoms with E-state index in [0.717, 1.165) is 6.42 Å². The predicted octanol–water partition coefficient (Wildman–Crippen LogP) is 2.01. The van der Waals surface area contributed by atoms with E-state index < -0.39 is 0 Å². The molecular weight excluding hydrogens is 162 g/mol. The lowest BCUT2D eigenvalue weighted by atomic mass is 10.0. The molecule has 0 aromatic heterocycles. The van der Waals surface area contributed by atoms with Crippen LogP contribution in [0.3, 0.4) is 0 Å². The summed E-state index contributed by atoms with van der Waals surface area (Å²) in [7, 11) is 0. The van der Waals surface area contributed by atoms with E-state index in [1.807, 2.05) is 12.1 Å². The summed E-state index contributed by atoms with van der Waals surface area (Å²) in [5.74, 6) is 0. The Morgan fingerprint density at radius 1 is 1.38 bits per heavy atom. The molecule has 0 unspecified atom stereocenters. The molecule has 0 spiro atoms. The van der Waals surface area contributed by atoms with Crippen molar-refractivity contribution in [1.29, 1.82) is 0 Å². The van der Waals surface area contributed by atoms with Crippen molar-refractivity contribution in [3.05, 3.63) is 34.9 Å². The molecule has 2 heteroatoms. The highest BCUT2D eigenvalue weighted by Gasteiger charge is 2.13. The van der Waals surface area contributed by atoms with Crippen molar-refractivity contribution in [3.63, 3.8) is 0 Å². The maximum Gasteiger partial charge on any atom is 0.235 e. The summed E-state index contributed by atoms with van der Waals surface area (Å²) >= 11 is 0. The van der Waals surface area contributed by atoms with Gasteiger partial charge in [0.25, 0.3) is 0 Å². The maximum absolute atomic E-state index is 9.99. The molecular formula is C11H11NO. The first-order valence-electron chi connectivity index (χ1n) is 4.55. The summed E-state index contributed by atoms with van der Waals surface area (Å²) in [5.41, 5.74) is 4.03. The molecule has 0 fully saturated rings. The molecule has 0 N–H and O–H groups in total. The molecule has 1 aliphatic rings. The fourth-order valence-electron chi connectivity index (χ4n) is 1.96. The van der Waals surface area contributed by atoms with Gasteiger partial charge >= 0.3 is 0 Å². The second-order valence-corrected chi connectivity index (χ2v) is 3.32. The number of hydrogen-bond acceptors (Lipinski definition) is 2. The third-order valence-corrected chi connectivity index (χ3v) is 2.56. The molecule has 0 bridgehead atoms. The molecule has 13 heavy (non-hydrogen) atoms. The number of hydrogen-bond donors (Lipinski definition) is 0. The van der Waals surface area contributed by atoms with Gasteiger partial charge < -0.3 is 0 Å². The highest BCUT2D eigenvalue weighted by atomic mass is 16.1. The fraction of sp³-hybridized carbons (Fsp3) is 0.364. The Hall–Kier alpha value is -1.40. The second-order valence-electron chi connectivity index (χ2n) is 3.32. The number of benzene rings is 1. The van der Waals surface area contributed by atoms with Gasteiger partial charge in [-0.05, 0) is 36.0 Å². The van der Waals surface area contributed by atoms with E-state index in [1.54, 1.807) is 6.08 Å². The van der Waals surface area contributed by atoms with Gasteiger partial charge in [-0.3, -0.25) is 0 Å². The molecule has 66 valence electrons. The minimum atomic E-state index is 0.493.